The second-order valence-corrected chi connectivity index (χ2v) is 8.87. The highest BCUT2D eigenvalue weighted by Crippen LogP contribution is 2.41. The van der Waals surface area contributed by atoms with Crippen molar-refractivity contribution in [3.05, 3.63) is 101 Å². The topological polar surface area (TPSA) is 79.7 Å². The molecule has 0 spiro atoms. The zero-order valence-corrected chi connectivity index (χ0v) is 19.6. The predicted octanol–water partition coefficient (Wildman–Crippen LogP) is 5.05. The number of aliphatic hydroxyl groups excluding tert-OH is 1. The fraction of sp³-hybridized carbons (Fsp3) is 0.250. The number of likely N-dealkylation sites (tertiary alicyclic amines) is 1. The van der Waals surface area contributed by atoms with Gasteiger partial charge in [0.05, 0.1) is 18.2 Å². The molecular weight excluding hydrogens is 428 g/mol. The molecule has 6 nitrogen and oxygen atoms in total. The first-order valence-corrected chi connectivity index (χ1v) is 11.3. The third-order valence-corrected chi connectivity index (χ3v) is 5.84. The zero-order valence-electron chi connectivity index (χ0n) is 19.6. The highest BCUT2D eigenvalue weighted by molar-refractivity contribution is 6.46. The molecule has 6 heteroatoms. The molecule has 1 aliphatic heterocycles. The summed E-state index contributed by atoms with van der Waals surface area (Å²) in [5.41, 5.74) is 3.12. The number of Topliss-reactive ketones (excluding diaryl/α,β-unsaturated/α-hetero) is 1. The third kappa shape index (κ3) is 4.71. The Hall–Kier alpha value is -3.93. The first-order chi connectivity index (χ1) is 16.4. The number of amides is 1. The lowest BCUT2D eigenvalue weighted by Crippen LogP contribution is -2.29. The number of carbonyl (C=O) groups excluding carboxylic acids is 2. The average Bonchev–Trinajstić information content (AvgIpc) is 3.08. The van der Waals surface area contributed by atoms with Crippen LogP contribution in [0.1, 0.15) is 42.1 Å². The van der Waals surface area contributed by atoms with Crippen LogP contribution >= 0.6 is 0 Å². The van der Waals surface area contributed by atoms with E-state index >= 15 is 0 Å². The molecular formula is C28H28N2O4. The van der Waals surface area contributed by atoms with Gasteiger partial charge in [0.1, 0.15) is 11.5 Å². The Morgan fingerprint density at radius 1 is 1.03 bits per heavy atom. The number of benzene rings is 2. The van der Waals surface area contributed by atoms with Gasteiger partial charge in [-0.15, -0.1) is 0 Å². The monoisotopic (exact) mass is 456 g/mol. The number of hydrogen-bond donors (Lipinski definition) is 1. The van der Waals surface area contributed by atoms with Gasteiger partial charge in [-0.25, -0.2) is 0 Å². The number of aromatic nitrogens is 1. The quantitative estimate of drug-likeness (QED) is 0.306. The maximum atomic E-state index is 13.2. The number of hydrogen-bond acceptors (Lipinski definition) is 5. The van der Waals surface area contributed by atoms with Gasteiger partial charge < -0.3 is 14.7 Å². The Bertz CT molecular complexity index is 1220. The number of pyridine rings is 1. The van der Waals surface area contributed by atoms with E-state index < -0.39 is 17.7 Å². The molecule has 34 heavy (non-hydrogen) atoms. The molecule has 1 unspecified atom stereocenters. The van der Waals surface area contributed by atoms with Gasteiger partial charge in [0, 0.05) is 24.5 Å². The van der Waals surface area contributed by atoms with E-state index in [1.165, 1.54) is 4.90 Å². The number of aryl methyl sites for hydroxylation is 1. The number of rotatable bonds is 7. The van der Waals surface area contributed by atoms with Crippen LogP contribution in [-0.2, 0) is 16.1 Å². The molecule has 1 fully saturated rings. The van der Waals surface area contributed by atoms with Crippen molar-refractivity contribution in [2.45, 2.75) is 33.4 Å². The highest BCUT2D eigenvalue weighted by atomic mass is 16.5. The van der Waals surface area contributed by atoms with Crippen LogP contribution in [0.25, 0.3) is 5.76 Å². The maximum absolute atomic E-state index is 13.2. The Morgan fingerprint density at radius 2 is 1.71 bits per heavy atom. The van der Waals surface area contributed by atoms with Crippen molar-refractivity contribution in [3.8, 4) is 5.75 Å². The Morgan fingerprint density at radius 3 is 2.35 bits per heavy atom. The molecule has 2 aromatic carbocycles. The van der Waals surface area contributed by atoms with Gasteiger partial charge >= 0.3 is 0 Å². The second-order valence-electron chi connectivity index (χ2n) is 8.87. The van der Waals surface area contributed by atoms with E-state index in [1.807, 2.05) is 43.3 Å². The van der Waals surface area contributed by atoms with Crippen molar-refractivity contribution in [2.24, 2.45) is 5.92 Å². The molecule has 174 valence electrons. The second kappa shape index (κ2) is 9.91. The molecule has 1 amide bonds. The minimum atomic E-state index is -0.703. The molecule has 3 aromatic rings. The first kappa shape index (κ1) is 23.2. The van der Waals surface area contributed by atoms with Gasteiger partial charge in [0.2, 0.25) is 0 Å². The van der Waals surface area contributed by atoms with E-state index in [1.54, 1.807) is 36.7 Å². The molecule has 2 heterocycles. The summed E-state index contributed by atoms with van der Waals surface area (Å²) in [5.74, 6) is -0.458. The molecule has 1 aromatic heterocycles. The van der Waals surface area contributed by atoms with Gasteiger partial charge in [0.25, 0.3) is 11.7 Å². The molecule has 0 aliphatic carbocycles. The summed E-state index contributed by atoms with van der Waals surface area (Å²) in [5, 5.41) is 11.3. The van der Waals surface area contributed by atoms with Gasteiger partial charge in [-0.1, -0.05) is 38.1 Å². The minimum absolute atomic E-state index is 0.0872. The van der Waals surface area contributed by atoms with Crippen LogP contribution in [0.15, 0.2) is 78.6 Å². The fourth-order valence-corrected chi connectivity index (χ4v) is 4.07. The smallest absolute Gasteiger partial charge is 0.295 e. The van der Waals surface area contributed by atoms with Crippen molar-refractivity contribution >= 4 is 17.4 Å². The van der Waals surface area contributed by atoms with Crippen LogP contribution in [0.2, 0.25) is 0 Å². The zero-order chi connectivity index (χ0) is 24.2. The maximum Gasteiger partial charge on any atom is 0.295 e. The van der Waals surface area contributed by atoms with Crippen LogP contribution in [0.4, 0.5) is 0 Å². The van der Waals surface area contributed by atoms with E-state index in [9.17, 15) is 14.7 Å². The highest BCUT2D eigenvalue weighted by Gasteiger charge is 2.46. The van der Waals surface area contributed by atoms with Crippen LogP contribution in [0, 0.1) is 12.8 Å². The van der Waals surface area contributed by atoms with Crippen LogP contribution in [0.5, 0.6) is 5.75 Å². The Labute approximate surface area is 199 Å². The van der Waals surface area contributed by atoms with E-state index in [-0.39, 0.29) is 17.9 Å². The lowest BCUT2D eigenvalue weighted by Gasteiger charge is -2.26. The molecule has 1 saturated heterocycles. The molecule has 0 saturated carbocycles. The normalized spacial score (nSPS) is 17.4. The van der Waals surface area contributed by atoms with E-state index in [4.69, 9.17) is 4.74 Å². The largest absolute Gasteiger partial charge is 0.507 e. The number of aliphatic hydroxyl groups is 1. The van der Waals surface area contributed by atoms with E-state index in [0.29, 0.717) is 23.8 Å². The van der Waals surface area contributed by atoms with Crippen molar-refractivity contribution < 1.29 is 19.4 Å². The molecule has 0 radical (unpaired) electrons. The third-order valence-electron chi connectivity index (χ3n) is 5.84. The Kier molecular flexibility index (Phi) is 6.77. The summed E-state index contributed by atoms with van der Waals surface area (Å²) in [6.07, 6.45) is 3.30. The lowest BCUT2D eigenvalue weighted by atomic mass is 9.92. The Balaban J connectivity index is 1.77. The molecule has 4 rings (SSSR count). The van der Waals surface area contributed by atoms with Crippen LogP contribution < -0.4 is 4.74 Å². The van der Waals surface area contributed by atoms with Crippen LogP contribution in [0.3, 0.4) is 0 Å². The number of carbonyl (C=O) groups is 2. The number of ketones is 1. The van der Waals surface area contributed by atoms with Crippen molar-refractivity contribution in [1.82, 2.24) is 9.88 Å². The summed E-state index contributed by atoms with van der Waals surface area (Å²) in [7, 11) is 0. The molecule has 1 atom stereocenters. The van der Waals surface area contributed by atoms with Gasteiger partial charge in [-0.05, 0) is 65.9 Å². The summed E-state index contributed by atoms with van der Waals surface area (Å²) < 4.78 is 5.72. The lowest BCUT2D eigenvalue weighted by molar-refractivity contribution is -0.140. The van der Waals surface area contributed by atoms with Crippen molar-refractivity contribution in [3.63, 3.8) is 0 Å². The predicted molar refractivity (Wildman–Crippen MR) is 130 cm³/mol. The SMILES string of the molecule is Cc1ccccc1C1/C(=C(/O)c2ccc(OCC(C)C)cc2)C(=O)C(=O)N1Cc1ccncc1. The average molecular weight is 457 g/mol. The molecule has 1 aliphatic rings. The standard InChI is InChI=1S/C28H28N2O4/c1-18(2)17-34-22-10-8-21(9-11-22)26(31)24-25(23-7-5-4-6-19(23)3)30(28(33)27(24)32)16-20-12-14-29-15-13-20/h4-15,18,25,31H,16-17H2,1-3H3/b26-24-. The van der Waals surface area contributed by atoms with Gasteiger partial charge in [-0.3, -0.25) is 14.6 Å². The van der Waals surface area contributed by atoms with Gasteiger partial charge in [0.15, 0.2) is 0 Å². The summed E-state index contributed by atoms with van der Waals surface area (Å²) >= 11 is 0. The van der Waals surface area contributed by atoms with Crippen LogP contribution in [-0.4, -0.2) is 33.3 Å². The summed E-state index contributed by atoms with van der Waals surface area (Å²) in [6.45, 7) is 6.87. The van der Waals surface area contributed by atoms with Gasteiger partial charge in [-0.2, -0.15) is 0 Å². The number of nitrogens with zero attached hydrogens (tertiary/aromatic N) is 2. The first-order valence-electron chi connectivity index (χ1n) is 11.3. The number of ether oxygens (including phenoxy) is 1. The minimum Gasteiger partial charge on any atom is -0.507 e. The van der Waals surface area contributed by atoms with Crippen molar-refractivity contribution in [1.29, 1.82) is 0 Å². The van der Waals surface area contributed by atoms with E-state index in [0.717, 1.165) is 16.7 Å². The molecule has 0 bridgehead atoms. The van der Waals surface area contributed by atoms with E-state index in [2.05, 4.69) is 18.8 Å². The van der Waals surface area contributed by atoms with Crippen molar-refractivity contribution in [2.75, 3.05) is 6.61 Å². The summed E-state index contributed by atoms with van der Waals surface area (Å²) in [4.78, 5) is 31.9. The summed E-state index contributed by atoms with van der Waals surface area (Å²) in [6, 6.07) is 17.4. The molecule has 1 N–H and O–H groups in total. The fourth-order valence-electron chi connectivity index (χ4n) is 4.07.